The van der Waals surface area contributed by atoms with Gasteiger partial charge in [0.25, 0.3) is 0 Å². The van der Waals surface area contributed by atoms with Gasteiger partial charge in [0.15, 0.2) is 0 Å². The van der Waals surface area contributed by atoms with Crippen LogP contribution in [-0.2, 0) is 24.1 Å². The first-order valence-corrected chi connectivity index (χ1v) is 8.83. The number of carbonyl (C=O) groups is 1. The SMILES string of the molecule is CO[C@@H]1CCN(Cc2sc3c(c2C(=O)O)CC(C)(C)CC3)C1. The number of methoxy groups -OCH3 is 1. The van der Waals surface area contributed by atoms with E-state index in [1.165, 1.54) is 4.88 Å². The van der Waals surface area contributed by atoms with Crippen molar-refractivity contribution in [2.75, 3.05) is 20.2 Å². The second-order valence-electron chi connectivity index (χ2n) is 7.33. The molecule has 0 saturated carbocycles. The fourth-order valence-electron chi connectivity index (χ4n) is 3.67. The van der Waals surface area contributed by atoms with Gasteiger partial charge >= 0.3 is 5.97 Å². The first-order valence-electron chi connectivity index (χ1n) is 8.01. The molecule has 122 valence electrons. The Labute approximate surface area is 136 Å². The van der Waals surface area contributed by atoms with Crippen LogP contribution in [0, 0.1) is 5.41 Å². The zero-order valence-electron chi connectivity index (χ0n) is 13.6. The van der Waals surface area contributed by atoms with Crippen molar-refractivity contribution in [2.45, 2.75) is 52.2 Å². The standard InChI is InChI=1S/C17H25NO3S/c1-17(2)6-4-13-12(8-17)15(16(19)20)14(22-13)10-18-7-5-11(9-18)21-3/h11H,4-10H2,1-3H3,(H,19,20)/t11-/m1/s1. The van der Waals surface area contributed by atoms with Crippen LogP contribution in [0.3, 0.4) is 0 Å². The molecule has 0 aromatic carbocycles. The summed E-state index contributed by atoms with van der Waals surface area (Å²) in [5.74, 6) is -0.757. The van der Waals surface area contributed by atoms with E-state index < -0.39 is 5.97 Å². The molecular weight excluding hydrogens is 298 g/mol. The number of carboxylic acids is 1. The van der Waals surface area contributed by atoms with Crippen molar-refractivity contribution in [1.29, 1.82) is 0 Å². The molecule has 0 radical (unpaired) electrons. The predicted molar refractivity (Wildman–Crippen MR) is 87.8 cm³/mol. The molecule has 0 unspecified atom stereocenters. The molecule has 3 rings (SSSR count). The molecule has 2 heterocycles. The maximum absolute atomic E-state index is 11.8. The highest BCUT2D eigenvalue weighted by molar-refractivity contribution is 7.12. The van der Waals surface area contributed by atoms with Crippen LogP contribution in [-0.4, -0.2) is 42.3 Å². The van der Waals surface area contributed by atoms with Gasteiger partial charge in [0.05, 0.1) is 11.7 Å². The number of likely N-dealkylation sites (tertiary alicyclic amines) is 1. The van der Waals surface area contributed by atoms with E-state index in [2.05, 4.69) is 18.7 Å². The lowest BCUT2D eigenvalue weighted by molar-refractivity contribution is 0.0693. The monoisotopic (exact) mass is 323 g/mol. The molecule has 1 fully saturated rings. The number of aromatic carboxylic acids is 1. The van der Waals surface area contributed by atoms with Crippen molar-refractivity contribution in [1.82, 2.24) is 4.90 Å². The van der Waals surface area contributed by atoms with Gasteiger partial charge in [0.2, 0.25) is 0 Å². The van der Waals surface area contributed by atoms with Gasteiger partial charge in [-0.1, -0.05) is 13.8 Å². The number of aryl methyl sites for hydroxylation is 1. The Hall–Kier alpha value is -0.910. The average molecular weight is 323 g/mol. The summed E-state index contributed by atoms with van der Waals surface area (Å²) in [4.78, 5) is 16.5. The second kappa shape index (κ2) is 5.95. The van der Waals surface area contributed by atoms with E-state index in [1.54, 1.807) is 18.4 Å². The van der Waals surface area contributed by atoms with Gasteiger partial charge in [-0.25, -0.2) is 4.79 Å². The first-order chi connectivity index (χ1) is 10.4. The molecule has 0 amide bonds. The summed E-state index contributed by atoms with van der Waals surface area (Å²) < 4.78 is 5.41. The number of fused-ring (bicyclic) bond motifs is 1. The molecule has 2 aliphatic rings. The maximum Gasteiger partial charge on any atom is 0.337 e. The normalized spacial score (nSPS) is 24.4. The largest absolute Gasteiger partial charge is 0.478 e. The van der Waals surface area contributed by atoms with Crippen molar-refractivity contribution in [3.63, 3.8) is 0 Å². The van der Waals surface area contributed by atoms with Crippen LogP contribution < -0.4 is 0 Å². The van der Waals surface area contributed by atoms with E-state index in [0.717, 1.165) is 55.8 Å². The summed E-state index contributed by atoms with van der Waals surface area (Å²) in [6.07, 6.45) is 4.39. The molecule has 0 spiro atoms. The lowest BCUT2D eigenvalue weighted by Gasteiger charge is -2.29. The minimum absolute atomic E-state index is 0.213. The Morgan fingerprint density at radius 3 is 2.91 bits per heavy atom. The average Bonchev–Trinajstić information content (AvgIpc) is 3.01. The van der Waals surface area contributed by atoms with Crippen molar-refractivity contribution in [2.24, 2.45) is 5.41 Å². The summed E-state index contributed by atoms with van der Waals surface area (Å²) in [6.45, 7) is 7.12. The highest BCUT2D eigenvalue weighted by Crippen LogP contribution is 2.42. The Morgan fingerprint density at radius 2 is 2.27 bits per heavy atom. The minimum atomic E-state index is -0.757. The highest BCUT2D eigenvalue weighted by atomic mass is 32.1. The highest BCUT2D eigenvalue weighted by Gasteiger charge is 2.33. The lowest BCUT2D eigenvalue weighted by Crippen LogP contribution is -2.24. The summed E-state index contributed by atoms with van der Waals surface area (Å²) >= 11 is 1.72. The molecule has 1 aromatic rings. The summed E-state index contributed by atoms with van der Waals surface area (Å²) in [5.41, 5.74) is 1.91. The van der Waals surface area contributed by atoms with Crippen LogP contribution in [0.4, 0.5) is 0 Å². The summed E-state index contributed by atoms with van der Waals surface area (Å²) in [5, 5.41) is 9.72. The molecule has 1 N–H and O–H groups in total. The molecule has 1 saturated heterocycles. The van der Waals surface area contributed by atoms with E-state index in [9.17, 15) is 9.90 Å². The van der Waals surface area contributed by atoms with Crippen LogP contribution in [0.2, 0.25) is 0 Å². The molecular formula is C17H25NO3S. The van der Waals surface area contributed by atoms with E-state index in [4.69, 9.17) is 4.74 Å². The van der Waals surface area contributed by atoms with Crippen LogP contribution >= 0.6 is 11.3 Å². The minimum Gasteiger partial charge on any atom is -0.478 e. The van der Waals surface area contributed by atoms with Gasteiger partial charge in [-0.2, -0.15) is 0 Å². The zero-order valence-corrected chi connectivity index (χ0v) is 14.5. The molecule has 0 bridgehead atoms. The van der Waals surface area contributed by atoms with E-state index in [1.807, 2.05) is 0 Å². The van der Waals surface area contributed by atoms with E-state index >= 15 is 0 Å². The molecule has 22 heavy (non-hydrogen) atoms. The van der Waals surface area contributed by atoms with Gasteiger partial charge < -0.3 is 9.84 Å². The van der Waals surface area contributed by atoms with Crippen molar-refractivity contribution in [3.8, 4) is 0 Å². The van der Waals surface area contributed by atoms with Gasteiger partial charge in [0.1, 0.15) is 0 Å². The number of ether oxygens (including phenoxy) is 1. The number of carboxylic acid groups (broad SMARTS) is 1. The van der Waals surface area contributed by atoms with Crippen molar-refractivity contribution >= 4 is 17.3 Å². The van der Waals surface area contributed by atoms with Gasteiger partial charge in [-0.05, 0) is 36.7 Å². The third kappa shape index (κ3) is 3.07. The Morgan fingerprint density at radius 1 is 1.50 bits per heavy atom. The number of thiophene rings is 1. The van der Waals surface area contributed by atoms with Crippen LogP contribution in [0.5, 0.6) is 0 Å². The predicted octanol–water partition coefficient (Wildman–Crippen LogP) is 3.18. The van der Waals surface area contributed by atoms with Crippen LogP contribution in [0.15, 0.2) is 0 Å². The zero-order chi connectivity index (χ0) is 15.9. The maximum atomic E-state index is 11.8. The second-order valence-corrected chi connectivity index (χ2v) is 8.52. The Bertz CT molecular complexity index is 579. The van der Waals surface area contributed by atoms with Crippen molar-refractivity contribution < 1.29 is 14.6 Å². The molecule has 1 aliphatic carbocycles. The number of rotatable bonds is 4. The fraction of sp³-hybridized carbons (Fsp3) is 0.706. The topological polar surface area (TPSA) is 49.8 Å². The quantitative estimate of drug-likeness (QED) is 0.924. The van der Waals surface area contributed by atoms with Crippen LogP contribution in [0.25, 0.3) is 0 Å². The molecule has 1 atom stereocenters. The summed E-state index contributed by atoms with van der Waals surface area (Å²) in [7, 11) is 1.75. The van der Waals surface area contributed by atoms with Crippen molar-refractivity contribution in [3.05, 3.63) is 20.9 Å². The van der Waals surface area contributed by atoms with E-state index in [-0.39, 0.29) is 5.41 Å². The fourth-order valence-corrected chi connectivity index (χ4v) is 5.03. The van der Waals surface area contributed by atoms with Gasteiger partial charge in [-0.15, -0.1) is 11.3 Å². The van der Waals surface area contributed by atoms with Gasteiger partial charge in [0, 0.05) is 36.5 Å². The third-order valence-corrected chi connectivity index (χ3v) is 6.27. The first kappa shape index (κ1) is 16.0. The molecule has 4 nitrogen and oxygen atoms in total. The number of nitrogens with zero attached hydrogens (tertiary/aromatic N) is 1. The molecule has 1 aliphatic heterocycles. The smallest absolute Gasteiger partial charge is 0.337 e. The Kier molecular flexibility index (Phi) is 4.32. The lowest BCUT2D eigenvalue weighted by atomic mass is 9.76. The summed E-state index contributed by atoms with van der Waals surface area (Å²) in [6, 6.07) is 0. The van der Waals surface area contributed by atoms with Crippen LogP contribution in [0.1, 0.15) is 52.4 Å². The Balaban J connectivity index is 1.86. The van der Waals surface area contributed by atoms with E-state index in [0.29, 0.717) is 11.7 Å². The third-order valence-electron chi connectivity index (χ3n) is 4.99. The molecule has 1 aromatic heterocycles. The molecule has 5 heteroatoms. The van der Waals surface area contributed by atoms with Gasteiger partial charge in [-0.3, -0.25) is 4.90 Å². The number of hydrogen-bond donors (Lipinski definition) is 1. The number of hydrogen-bond acceptors (Lipinski definition) is 4.